The number of pyridine rings is 1. The van der Waals surface area contributed by atoms with Crippen LogP contribution in [0.25, 0.3) is 11.3 Å². The van der Waals surface area contributed by atoms with Crippen molar-refractivity contribution in [1.82, 2.24) is 14.9 Å². The summed E-state index contributed by atoms with van der Waals surface area (Å²) in [4.78, 5) is 22.3. The van der Waals surface area contributed by atoms with E-state index in [1.165, 1.54) is 5.56 Å². The fourth-order valence-corrected chi connectivity index (χ4v) is 3.11. The highest BCUT2D eigenvalue weighted by Gasteiger charge is 2.11. The highest BCUT2D eigenvalue weighted by atomic mass is 32.1. The zero-order valence-corrected chi connectivity index (χ0v) is 14.2. The van der Waals surface area contributed by atoms with Crippen molar-refractivity contribution in [1.29, 1.82) is 0 Å². The molecule has 0 saturated carbocycles. The van der Waals surface area contributed by atoms with Crippen LogP contribution in [-0.2, 0) is 13.1 Å². The fourth-order valence-electron chi connectivity index (χ4n) is 2.56. The van der Waals surface area contributed by atoms with E-state index in [1.54, 1.807) is 29.7 Å². The standard InChI is InChI=1S/C18H18N4OS/c1-22(10-15-11-24-12-21-15)9-13-4-6-14(7-5-13)17-16(18(19)23)3-2-8-20-17/h2-8,11-12H,9-10H2,1H3,(H2,19,23). The molecule has 6 heteroatoms. The van der Waals surface area contributed by atoms with Gasteiger partial charge in [-0.3, -0.25) is 14.7 Å². The van der Waals surface area contributed by atoms with E-state index in [-0.39, 0.29) is 0 Å². The maximum Gasteiger partial charge on any atom is 0.250 e. The lowest BCUT2D eigenvalue weighted by Crippen LogP contribution is -2.17. The van der Waals surface area contributed by atoms with E-state index < -0.39 is 5.91 Å². The van der Waals surface area contributed by atoms with Gasteiger partial charge in [-0.2, -0.15) is 0 Å². The van der Waals surface area contributed by atoms with Gasteiger partial charge in [0.2, 0.25) is 0 Å². The number of amides is 1. The Morgan fingerprint density at radius 3 is 2.62 bits per heavy atom. The van der Waals surface area contributed by atoms with Crippen molar-refractivity contribution in [3.05, 3.63) is 70.3 Å². The maximum absolute atomic E-state index is 11.5. The minimum absolute atomic E-state index is 0.436. The Hall–Kier alpha value is -2.57. The van der Waals surface area contributed by atoms with Crippen molar-refractivity contribution in [2.75, 3.05) is 7.05 Å². The van der Waals surface area contributed by atoms with Crippen LogP contribution in [0.15, 0.2) is 53.5 Å². The van der Waals surface area contributed by atoms with Crippen molar-refractivity contribution >= 4 is 17.2 Å². The van der Waals surface area contributed by atoms with E-state index in [9.17, 15) is 4.79 Å². The maximum atomic E-state index is 11.5. The Balaban J connectivity index is 1.73. The summed E-state index contributed by atoms with van der Waals surface area (Å²) in [7, 11) is 2.07. The molecular weight excluding hydrogens is 320 g/mol. The Bertz CT molecular complexity index is 815. The van der Waals surface area contributed by atoms with Crippen LogP contribution in [0.2, 0.25) is 0 Å². The van der Waals surface area contributed by atoms with Crippen molar-refractivity contribution in [3.8, 4) is 11.3 Å². The molecule has 0 aliphatic carbocycles. The van der Waals surface area contributed by atoms with Crippen molar-refractivity contribution < 1.29 is 4.79 Å². The molecule has 2 N–H and O–H groups in total. The molecule has 0 fully saturated rings. The SMILES string of the molecule is CN(Cc1ccc(-c2ncccc2C(N)=O)cc1)Cc1cscn1. The first-order valence-corrected chi connectivity index (χ1v) is 8.47. The summed E-state index contributed by atoms with van der Waals surface area (Å²) in [6, 6.07) is 11.5. The molecule has 5 nitrogen and oxygen atoms in total. The normalized spacial score (nSPS) is 10.9. The number of hydrogen-bond donors (Lipinski definition) is 1. The molecule has 2 heterocycles. The third kappa shape index (κ3) is 3.84. The average Bonchev–Trinajstić information content (AvgIpc) is 3.08. The second kappa shape index (κ2) is 7.33. The minimum Gasteiger partial charge on any atom is -0.366 e. The Morgan fingerprint density at radius 2 is 1.96 bits per heavy atom. The number of primary amides is 1. The topological polar surface area (TPSA) is 72.1 Å². The summed E-state index contributed by atoms with van der Waals surface area (Å²) in [5.41, 5.74) is 11.5. The van der Waals surface area contributed by atoms with E-state index in [0.717, 1.165) is 24.3 Å². The van der Waals surface area contributed by atoms with Gasteiger partial charge in [-0.05, 0) is 24.7 Å². The van der Waals surface area contributed by atoms with Crippen LogP contribution in [0.3, 0.4) is 0 Å². The predicted molar refractivity (Wildman–Crippen MR) is 95.5 cm³/mol. The first-order valence-electron chi connectivity index (χ1n) is 7.53. The molecule has 122 valence electrons. The number of benzene rings is 1. The third-order valence-corrected chi connectivity index (χ3v) is 4.30. The first kappa shape index (κ1) is 16.3. The summed E-state index contributed by atoms with van der Waals surface area (Å²) >= 11 is 1.61. The molecule has 0 saturated heterocycles. The van der Waals surface area contributed by atoms with E-state index in [2.05, 4.69) is 27.3 Å². The molecule has 1 aromatic carbocycles. The number of rotatable bonds is 6. The Morgan fingerprint density at radius 1 is 1.17 bits per heavy atom. The Kier molecular flexibility index (Phi) is 4.98. The number of carbonyl (C=O) groups is 1. The van der Waals surface area contributed by atoms with Gasteiger partial charge in [0.15, 0.2) is 0 Å². The molecule has 0 spiro atoms. The molecular formula is C18H18N4OS. The summed E-state index contributed by atoms with van der Waals surface area (Å²) < 4.78 is 0. The summed E-state index contributed by atoms with van der Waals surface area (Å²) in [5, 5.41) is 2.06. The van der Waals surface area contributed by atoms with E-state index in [4.69, 9.17) is 5.73 Å². The Labute approximate surface area is 144 Å². The highest BCUT2D eigenvalue weighted by molar-refractivity contribution is 7.07. The molecule has 1 amide bonds. The van der Waals surface area contributed by atoms with Gasteiger partial charge in [0.25, 0.3) is 5.91 Å². The lowest BCUT2D eigenvalue weighted by Gasteiger charge is -2.15. The summed E-state index contributed by atoms with van der Waals surface area (Å²) in [5.74, 6) is -0.467. The van der Waals surface area contributed by atoms with Crippen LogP contribution in [0.1, 0.15) is 21.6 Å². The number of hydrogen-bond acceptors (Lipinski definition) is 5. The minimum atomic E-state index is -0.467. The molecule has 0 bridgehead atoms. The van der Waals surface area contributed by atoms with Gasteiger partial charge in [0, 0.05) is 30.2 Å². The number of nitrogens with zero attached hydrogens (tertiary/aromatic N) is 3. The zero-order chi connectivity index (χ0) is 16.9. The fraction of sp³-hybridized carbons (Fsp3) is 0.167. The van der Waals surface area contributed by atoms with Gasteiger partial charge in [-0.25, -0.2) is 4.98 Å². The van der Waals surface area contributed by atoms with Crippen LogP contribution in [0.5, 0.6) is 0 Å². The largest absolute Gasteiger partial charge is 0.366 e. The van der Waals surface area contributed by atoms with Crippen molar-refractivity contribution in [3.63, 3.8) is 0 Å². The average molecular weight is 338 g/mol. The number of thiazole rings is 1. The van der Waals surface area contributed by atoms with Gasteiger partial charge in [0.1, 0.15) is 0 Å². The quantitative estimate of drug-likeness (QED) is 0.750. The number of carbonyl (C=O) groups excluding carboxylic acids is 1. The summed E-state index contributed by atoms with van der Waals surface area (Å²) in [6.45, 7) is 1.64. The zero-order valence-electron chi connectivity index (χ0n) is 13.3. The molecule has 0 radical (unpaired) electrons. The van der Waals surface area contributed by atoms with Crippen molar-refractivity contribution in [2.24, 2.45) is 5.73 Å². The van der Waals surface area contributed by atoms with Crippen LogP contribution in [-0.4, -0.2) is 27.8 Å². The lowest BCUT2D eigenvalue weighted by molar-refractivity contribution is 0.100. The highest BCUT2D eigenvalue weighted by Crippen LogP contribution is 2.22. The molecule has 0 unspecified atom stereocenters. The van der Waals surface area contributed by atoms with Gasteiger partial charge < -0.3 is 5.73 Å². The van der Waals surface area contributed by atoms with Crippen LogP contribution >= 0.6 is 11.3 Å². The molecule has 0 atom stereocenters. The van der Waals surface area contributed by atoms with Gasteiger partial charge >= 0.3 is 0 Å². The van der Waals surface area contributed by atoms with Gasteiger partial charge in [-0.15, -0.1) is 11.3 Å². The van der Waals surface area contributed by atoms with Crippen LogP contribution in [0, 0.1) is 0 Å². The molecule has 0 aliphatic heterocycles. The second-order valence-electron chi connectivity index (χ2n) is 5.61. The number of aromatic nitrogens is 2. The second-order valence-corrected chi connectivity index (χ2v) is 6.33. The molecule has 24 heavy (non-hydrogen) atoms. The smallest absolute Gasteiger partial charge is 0.250 e. The predicted octanol–water partition coefficient (Wildman–Crippen LogP) is 2.94. The van der Waals surface area contributed by atoms with E-state index in [1.807, 2.05) is 29.8 Å². The van der Waals surface area contributed by atoms with Crippen molar-refractivity contribution in [2.45, 2.75) is 13.1 Å². The third-order valence-electron chi connectivity index (χ3n) is 3.67. The molecule has 3 rings (SSSR count). The summed E-state index contributed by atoms with van der Waals surface area (Å²) in [6.07, 6.45) is 1.66. The van der Waals surface area contributed by atoms with Gasteiger partial charge in [-0.1, -0.05) is 24.3 Å². The molecule has 0 aliphatic rings. The van der Waals surface area contributed by atoms with Crippen LogP contribution in [0.4, 0.5) is 0 Å². The van der Waals surface area contributed by atoms with Gasteiger partial charge in [0.05, 0.1) is 22.5 Å². The first-order chi connectivity index (χ1) is 11.6. The van der Waals surface area contributed by atoms with Crippen LogP contribution < -0.4 is 5.73 Å². The van der Waals surface area contributed by atoms with E-state index in [0.29, 0.717) is 11.3 Å². The molecule has 3 aromatic rings. The monoisotopic (exact) mass is 338 g/mol. The number of nitrogens with two attached hydrogens (primary N) is 1. The molecule has 2 aromatic heterocycles. The van der Waals surface area contributed by atoms with E-state index >= 15 is 0 Å². The lowest BCUT2D eigenvalue weighted by atomic mass is 10.0.